The summed E-state index contributed by atoms with van der Waals surface area (Å²) >= 11 is 11.1. The van der Waals surface area contributed by atoms with Crippen LogP contribution in [-0.2, 0) is 11.4 Å². The molecule has 1 heterocycles. The van der Waals surface area contributed by atoms with Gasteiger partial charge >= 0.3 is 0 Å². The molecule has 0 bridgehead atoms. The van der Waals surface area contributed by atoms with E-state index in [-0.39, 0.29) is 5.91 Å². The Kier molecular flexibility index (Phi) is 6.39. The summed E-state index contributed by atoms with van der Waals surface area (Å²) in [6.45, 7) is 0.479. The topological polar surface area (TPSA) is 29.5 Å². The molecule has 1 saturated heterocycles. The lowest BCUT2D eigenvalue weighted by molar-refractivity contribution is -0.121. The van der Waals surface area contributed by atoms with Gasteiger partial charge in [0.25, 0.3) is 5.91 Å². The predicted molar refractivity (Wildman–Crippen MR) is 124 cm³/mol. The van der Waals surface area contributed by atoms with Crippen molar-refractivity contribution in [3.05, 3.63) is 65.6 Å². The maximum atomic E-state index is 12.3. The van der Waals surface area contributed by atoms with E-state index in [2.05, 4.69) is 51.2 Å². The van der Waals surface area contributed by atoms with Crippen LogP contribution in [0.3, 0.4) is 0 Å². The monoisotopic (exact) mass is 593 g/mol. The third-order valence-electron chi connectivity index (χ3n) is 3.54. The van der Waals surface area contributed by atoms with Gasteiger partial charge in [0, 0.05) is 16.2 Å². The van der Waals surface area contributed by atoms with Crippen molar-refractivity contribution in [2.75, 3.05) is 7.05 Å². The van der Waals surface area contributed by atoms with Crippen molar-refractivity contribution in [3.8, 4) is 5.75 Å². The molecule has 1 aliphatic heterocycles. The lowest BCUT2D eigenvalue weighted by Crippen LogP contribution is -2.22. The predicted octanol–water partition coefficient (Wildman–Crippen LogP) is 5.31. The molecule has 3 nitrogen and oxygen atoms in total. The van der Waals surface area contributed by atoms with Gasteiger partial charge in [-0.25, -0.2) is 0 Å². The Hall–Kier alpha value is -0.650. The molecule has 2 aromatic carbocycles. The van der Waals surface area contributed by atoms with E-state index >= 15 is 0 Å². The fourth-order valence-corrected chi connectivity index (χ4v) is 5.47. The van der Waals surface area contributed by atoms with E-state index in [1.807, 2.05) is 42.5 Å². The quantitative estimate of drug-likeness (QED) is 0.274. The van der Waals surface area contributed by atoms with Crippen LogP contribution in [0.15, 0.2) is 47.4 Å². The fraction of sp³-hybridized carbons (Fsp3) is 0.111. The van der Waals surface area contributed by atoms with Crippen molar-refractivity contribution in [2.45, 2.75) is 6.61 Å². The van der Waals surface area contributed by atoms with Gasteiger partial charge in [-0.05, 0) is 69.0 Å². The van der Waals surface area contributed by atoms with E-state index in [0.29, 0.717) is 15.8 Å². The molecule has 128 valence electrons. The molecule has 2 aromatic rings. The number of ether oxygens (including phenoxy) is 1. The van der Waals surface area contributed by atoms with E-state index in [0.717, 1.165) is 24.0 Å². The number of carbonyl (C=O) groups is 1. The van der Waals surface area contributed by atoms with Crippen molar-refractivity contribution in [3.63, 3.8) is 0 Å². The summed E-state index contributed by atoms with van der Waals surface area (Å²) in [6.07, 6.45) is 1.87. The third-order valence-corrected chi connectivity index (χ3v) is 6.45. The zero-order valence-electron chi connectivity index (χ0n) is 13.2. The first-order chi connectivity index (χ1) is 12.0. The normalized spacial score (nSPS) is 16.0. The first-order valence-corrected chi connectivity index (χ1v) is 10.7. The lowest BCUT2D eigenvalue weighted by Gasteiger charge is -2.13. The highest BCUT2D eigenvalue weighted by Crippen LogP contribution is 2.36. The van der Waals surface area contributed by atoms with Crippen molar-refractivity contribution in [2.24, 2.45) is 0 Å². The maximum absolute atomic E-state index is 12.3. The number of hydrogen-bond acceptors (Lipinski definition) is 4. The van der Waals surface area contributed by atoms with Crippen LogP contribution in [-0.4, -0.2) is 22.2 Å². The standard InChI is InChI=1S/C18H13I2NO2S2/c1-21-17(22)15(25-18(21)24)8-12-7-13(19)9-14(20)16(12)23-10-11-5-3-2-4-6-11/h2-9H,10H2,1H3/b15-8-. The van der Waals surface area contributed by atoms with Crippen LogP contribution in [0.1, 0.15) is 11.1 Å². The second-order valence-electron chi connectivity index (χ2n) is 5.32. The summed E-state index contributed by atoms with van der Waals surface area (Å²) in [5.74, 6) is 0.712. The Bertz CT molecular complexity index is 869. The second-order valence-corrected chi connectivity index (χ2v) is 9.40. The molecule has 0 N–H and O–H groups in total. The Morgan fingerprint density at radius 1 is 1.24 bits per heavy atom. The van der Waals surface area contributed by atoms with Gasteiger partial charge in [0.2, 0.25) is 0 Å². The van der Waals surface area contributed by atoms with E-state index in [1.165, 1.54) is 16.7 Å². The highest BCUT2D eigenvalue weighted by Gasteiger charge is 2.29. The minimum absolute atomic E-state index is 0.0714. The van der Waals surface area contributed by atoms with Gasteiger partial charge in [0.05, 0.1) is 8.48 Å². The Morgan fingerprint density at radius 2 is 1.96 bits per heavy atom. The van der Waals surface area contributed by atoms with Crippen LogP contribution >= 0.6 is 69.2 Å². The molecule has 1 aliphatic rings. The summed E-state index contributed by atoms with van der Waals surface area (Å²) in [5.41, 5.74) is 1.99. The molecular formula is C18H13I2NO2S2. The Labute approximate surface area is 183 Å². The number of nitrogens with zero attached hydrogens (tertiary/aromatic N) is 1. The third kappa shape index (κ3) is 4.55. The van der Waals surface area contributed by atoms with Gasteiger partial charge in [-0.3, -0.25) is 9.69 Å². The van der Waals surface area contributed by atoms with Crippen molar-refractivity contribution >= 4 is 85.5 Å². The molecule has 0 radical (unpaired) electrons. The number of halogens is 2. The molecule has 0 spiro atoms. The summed E-state index contributed by atoms with van der Waals surface area (Å²) in [4.78, 5) is 14.4. The number of thioether (sulfide) groups is 1. The van der Waals surface area contributed by atoms with E-state index in [4.69, 9.17) is 17.0 Å². The van der Waals surface area contributed by atoms with Crippen molar-refractivity contribution in [1.29, 1.82) is 0 Å². The first kappa shape index (κ1) is 19.1. The van der Waals surface area contributed by atoms with Crippen LogP contribution < -0.4 is 4.74 Å². The number of hydrogen-bond donors (Lipinski definition) is 0. The number of thiocarbonyl (C=S) groups is 1. The summed E-state index contributed by atoms with van der Waals surface area (Å²) in [6, 6.07) is 14.1. The Balaban J connectivity index is 1.93. The highest BCUT2D eigenvalue weighted by molar-refractivity contribution is 14.1. The molecule has 3 rings (SSSR count). The SMILES string of the molecule is CN1C(=O)/C(=C/c2cc(I)cc(I)c2OCc2ccccc2)SC1=S. The van der Waals surface area contributed by atoms with Gasteiger partial charge in [0.1, 0.15) is 16.7 Å². The zero-order chi connectivity index (χ0) is 18.0. The van der Waals surface area contributed by atoms with Gasteiger partial charge in [-0.1, -0.05) is 54.3 Å². The average Bonchev–Trinajstić information content (AvgIpc) is 2.82. The summed E-state index contributed by atoms with van der Waals surface area (Å²) in [7, 11) is 1.70. The van der Waals surface area contributed by atoms with Crippen LogP contribution in [0.5, 0.6) is 5.75 Å². The fourth-order valence-electron chi connectivity index (χ4n) is 2.26. The van der Waals surface area contributed by atoms with Crippen LogP contribution in [0.25, 0.3) is 6.08 Å². The minimum atomic E-state index is -0.0714. The highest BCUT2D eigenvalue weighted by atomic mass is 127. The van der Waals surface area contributed by atoms with E-state index in [1.54, 1.807) is 7.05 Å². The maximum Gasteiger partial charge on any atom is 0.265 e. The van der Waals surface area contributed by atoms with Crippen molar-refractivity contribution < 1.29 is 9.53 Å². The van der Waals surface area contributed by atoms with Gasteiger partial charge < -0.3 is 4.74 Å². The smallest absolute Gasteiger partial charge is 0.265 e. The molecule has 0 aliphatic carbocycles. The van der Waals surface area contributed by atoms with Crippen LogP contribution in [0.2, 0.25) is 0 Å². The van der Waals surface area contributed by atoms with E-state index in [9.17, 15) is 4.79 Å². The second kappa shape index (κ2) is 8.36. The largest absolute Gasteiger partial charge is 0.487 e. The number of benzene rings is 2. The molecule has 0 atom stereocenters. The van der Waals surface area contributed by atoms with Gasteiger partial charge in [0.15, 0.2) is 0 Å². The average molecular weight is 593 g/mol. The number of carbonyl (C=O) groups excluding carboxylic acids is 1. The first-order valence-electron chi connectivity index (χ1n) is 7.33. The van der Waals surface area contributed by atoms with Crippen molar-refractivity contribution in [1.82, 2.24) is 4.90 Å². The number of amides is 1. The lowest BCUT2D eigenvalue weighted by atomic mass is 10.1. The minimum Gasteiger partial charge on any atom is -0.487 e. The Morgan fingerprint density at radius 3 is 2.60 bits per heavy atom. The van der Waals surface area contributed by atoms with Gasteiger partial charge in [-0.15, -0.1) is 0 Å². The number of likely N-dealkylation sites (N-methyl/N-ethyl adjacent to an activating group) is 1. The molecule has 1 amide bonds. The molecule has 0 saturated carbocycles. The molecule has 0 unspecified atom stereocenters. The zero-order valence-corrected chi connectivity index (χ0v) is 19.1. The molecule has 7 heteroatoms. The van der Waals surface area contributed by atoms with Gasteiger partial charge in [-0.2, -0.15) is 0 Å². The van der Waals surface area contributed by atoms with Crippen LogP contribution in [0, 0.1) is 7.14 Å². The number of rotatable bonds is 4. The molecule has 1 fully saturated rings. The summed E-state index contributed by atoms with van der Waals surface area (Å²) < 4.78 is 8.76. The molecular weight excluding hydrogens is 580 g/mol. The molecule has 25 heavy (non-hydrogen) atoms. The van der Waals surface area contributed by atoms with E-state index < -0.39 is 0 Å². The summed E-state index contributed by atoms with van der Waals surface area (Å²) in [5, 5.41) is 0. The molecule has 0 aromatic heterocycles. The van der Waals surface area contributed by atoms with Crippen LogP contribution in [0.4, 0.5) is 0 Å².